The maximum Gasteiger partial charge on any atom is 0.223 e. The highest BCUT2D eigenvalue weighted by molar-refractivity contribution is 9.09. The monoisotopic (exact) mass is 335 g/mol. The van der Waals surface area contributed by atoms with E-state index < -0.39 is 0 Å². The molecule has 0 saturated heterocycles. The van der Waals surface area contributed by atoms with Crippen LogP contribution in [0.15, 0.2) is 24.3 Å². The Morgan fingerprint density at radius 3 is 2.50 bits per heavy atom. The molecular formula is C17H22BrNO. The standard InChI is InChI=1S/C17H22BrNO/c18-15-7-9-16(10-8-15)19-17(20)14-6-5-12-3-1-2-4-13(12)11-14/h1-4,14-16H,5-11H2,(H,19,20). The van der Waals surface area contributed by atoms with Crippen molar-refractivity contribution in [2.75, 3.05) is 0 Å². The topological polar surface area (TPSA) is 29.1 Å². The van der Waals surface area contributed by atoms with Crippen LogP contribution in [0.1, 0.15) is 43.2 Å². The third-order valence-electron chi connectivity index (χ3n) is 4.72. The van der Waals surface area contributed by atoms with Gasteiger partial charge in [0.15, 0.2) is 0 Å². The molecule has 0 spiro atoms. The predicted octanol–water partition coefficient (Wildman–Crippen LogP) is 3.61. The maximum absolute atomic E-state index is 12.4. The zero-order valence-electron chi connectivity index (χ0n) is 11.8. The number of aryl methyl sites for hydroxylation is 1. The number of amides is 1. The van der Waals surface area contributed by atoms with Crippen LogP contribution >= 0.6 is 15.9 Å². The molecule has 1 unspecified atom stereocenters. The van der Waals surface area contributed by atoms with Gasteiger partial charge in [-0.1, -0.05) is 40.2 Å². The lowest BCUT2D eigenvalue weighted by molar-refractivity contribution is -0.126. The summed E-state index contributed by atoms with van der Waals surface area (Å²) in [4.78, 5) is 13.1. The summed E-state index contributed by atoms with van der Waals surface area (Å²) in [6.07, 6.45) is 7.54. The normalized spacial score (nSPS) is 29.6. The molecule has 1 N–H and O–H groups in total. The number of alkyl halides is 1. The summed E-state index contributed by atoms with van der Waals surface area (Å²) in [5.41, 5.74) is 2.79. The van der Waals surface area contributed by atoms with Crippen molar-refractivity contribution >= 4 is 21.8 Å². The number of hydrogen-bond donors (Lipinski definition) is 1. The number of hydrogen-bond acceptors (Lipinski definition) is 1. The molecule has 0 aliphatic heterocycles. The van der Waals surface area contributed by atoms with E-state index in [0.29, 0.717) is 10.9 Å². The van der Waals surface area contributed by atoms with Gasteiger partial charge in [-0.3, -0.25) is 4.79 Å². The Morgan fingerprint density at radius 1 is 1.05 bits per heavy atom. The molecule has 3 heteroatoms. The third kappa shape index (κ3) is 3.25. The molecule has 0 heterocycles. The summed E-state index contributed by atoms with van der Waals surface area (Å²) in [5.74, 6) is 0.448. The van der Waals surface area contributed by atoms with Crippen LogP contribution in [-0.4, -0.2) is 16.8 Å². The summed E-state index contributed by atoms with van der Waals surface area (Å²) in [7, 11) is 0. The second-order valence-corrected chi connectivity index (χ2v) is 7.46. The first-order valence-electron chi connectivity index (χ1n) is 7.73. The molecule has 2 aliphatic carbocycles. The van der Waals surface area contributed by atoms with Crippen molar-refractivity contribution in [2.24, 2.45) is 5.92 Å². The third-order valence-corrected chi connectivity index (χ3v) is 5.64. The van der Waals surface area contributed by atoms with Gasteiger partial charge in [0, 0.05) is 16.8 Å². The number of rotatable bonds is 2. The lowest BCUT2D eigenvalue weighted by atomic mass is 9.83. The molecule has 0 bridgehead atoms. The van der Waals surface area contributed by atoms with Crippen molar-refractivity contribution in [3.63, 3.8) is 0 Å². The van der Waals surface area contributed by atoms with Gasteiger partial charge in [0.1, 0.15) is 0 Å². The van der Waals surface area contributed by atoms with Crippen LogP contribution in [0.4, 0.5) is 0 Å². The minimum atomic E-state index is 0.173. The molecule has 0 aromatic heterocycles. The summed E-state index contributed by atoms with van der Waals surface area (Å²) in [5, 5.41) is 3.28. The fraction of sp³-hybridized carbons (Fsp3) is 0.588. The lowest BCUT2D eigenvalue weighted by Crippen LogP contribution is -2.42. The zero-order chi connectivity index (χ0) is 13.9. The number of benzene rings is 1. The van der Waals surface area contributed by atoms with Crippen LogP contribution in [0.5, 0.6) is 0 Å². The van der Waals surface area contributed by atoms with Gasteiger partial charge in [0.05, 0.1) is 0 Å². The Kier molecular flexibility index (Phi) is 4.45. The van der Waals surface area contributed by atoms with Crippen molar-refractivity contribution in [1.82, 2.24) is 5.32 Å². The second kappa shape index (κ2) is 6.30. The van der Waals surface area contributed by atoms with Gasteiger partial charge in [-0.05, 0) is 56.1 Å². The molecule has 108 valence electrons. The Labute approximate surface area is 129 Å². The molecule has 2 nitrogen and oxygen atoms in total. The number of halogens is 1. The van der Waals surface area contributed by atoms with Crippen LogP contribution in [0.25, 0.3) is 0 Å². The van der Waals surface area contributed by atoms with E-state index in [1.165, 1.54) is 24.0 Å². The van der Waals surface area contributed by atoms with Crippen LogP contribution in [-0.2, 0) is 17.6 Å². The number of fused-ring (bicyclic) bond motifs is 1. The van der Waals surface area contributed by atoms with Gasteiger partial charge in [-0.25, -0.2) is 0 Å². The molecular weight excluding hydrogens is 314 g/mol. The highest BCUT2D eigenvalue weighted by atomic mass is 79.9. The highest BCUT2D eigenvalue weighted by Crippen LogP contribution is 2.27. The van der Waals surface area contributed by atoms with Crippen LogP contribution in [0.2, 0.25) is 0 Å². The van der Waals surface area contributed by atoms with E-state index in [0.717, 1.165) is 32.1 Å². The molecule has 1 saturated carbocycles. The Balaban J connectivity index is 1.56. The van der Waals surface area contributed by atoms with E-state index >= 15 is 0 Å². The molecule has 1 aromatic carbocycles. The van der Waals surface area contributed by atoms with E-state index in [9.17, 15) is 4.79 Å². The van der Waals surface area contributed by atoms with E-state index in [2.05, 4.69) is 45.5 Å². The maximum atomic E-state index is 12.4. The summed E-state index contributed by atoms with van der Waals surface area (Å²) in [6, 6.07) is 8.94. The first-order chi connectivity index (χ1) is 9.72. The quantitative estimate of drug-likeness (QED) is 0.822. The zero-order valence-corrected chi connectivity index (χ0v) is 13.4. The number of carbonyl (C=O) groups is 1. The number of nitrogens with one attached hydrogen (secondary N) is 1. The molecule has 1 amide bonds. The molecule has 20 heavy (non-hydrogen) atoms. The predicted molar refractivity (Wildman–Crippen MR) is 85.1 cm³/mol. The van der Waals surface area contributed by atoms with E-state index in [1.54, 1.807) is 0 Å². The molecule has 1 aromatic rings. The minimum absolute atomic E-state index is 0.173. The average molecular weight is 336 g/mol. The molecule has 1 fully saturated rings. The van der Waals surface area contributed by atoms with E-state index in [4.69, 9.17) is 0 Å². The molecule has 0 radical (unpaired) electrons. The van der Waals surface area contributed by atoms with Crippen LogP contribution in [0.3, 0.4) is 0 Å². The fourth-order valence-corrected chi connectivity index (χ4v) is 3.97. The first kappa shape index (κ1) is 14.1. The van der Waals surface area contributed by atoms with Crippen molar-refractivity contribution in [3.05, 3.63) is 35.4 Å². The molecule has 1 atom stereocenters. The minimum Gasteiger partial charge on any atom is -0.353 e. The van der Waals surface area contributed by atoms with Crippen LogP contribution in [0, 0.1) is 5.92 Å². The largest absolute Gasteiger partial charge is 0.353 e. The van der Waals surface area contributed by atoms with Gasteiger partial charge in [-0.2, -0.15) is 0 Å². The van der Waals surface area contributed by atoms with Gasteiger partial charge in [0.2, 0.25) is 5.91 Å². The Bertz CT molecular complexity index is 480. The molecule has 3 rings (SSSR count). The van der Waals surface area contributed by atoms with Gasteiger partial charge in [0.25, 0.3) is 0 Å². The first-order valence-corrected chi connectivity index (χ1v) is 8.65. The van der Waals surface area contributed by atoms with Crippen molar-refractivity contribution < 1.29 is 4.79 Å². The molecule has 2 aliphatic rings. The second-order valence-electron chi connectivity index (χ2n) is 6.17. The average Bonchev–Trinajstić information content (AvgIpc) is 2.49. The van der Waals surface area contributed by atoms with Gasteiger partial charge in [-0.15, -0.1) is 0 Å². The lowest BCUT2D eigenvalue weighted by Gasteiger charge is -2.29. The summed E-state index contributed by atoms with van der Waals surface area (Å²) >= 11 is 3.66. The Morgan fingerprint density at radius 2 is 1.75 bits per heavy atom. The smallest absolute Gasteiger partial charge is 0.223 e. The van der Waals surface area contributed by atoms with Crippen LogP contribution < -0.4 is 5.32 Å². The Hall–Kier alpha value is -0.830. The SMILES string of the molecule is O=C(NC1CCC(Br)CC1)C1CCc2ccccc2C1. The summed E-state index contributed by atoms with van der Waals surface area (Å²) < 4.78 is 0. The van der Waals surface area contributed by atoms with Crippen molar-refractivity contribution in [3.8, 4) is 0 Å². The fourth-order valence-electron chi connectivity index (χ4n) is 3.44. The highest BCUT2D eigenvalue weighted by Gasteiger charge is 2.27. The number of carbonyl (C=O) groups excluding carboxylic acids is 1. The van der Waals surface area contributed by atoms with E-state index in [1.807, 2.05) is 0 Å². The summed E-state index contributed by atoms with van der Waals surface area (Å²) in [6.45, 7) is 0. The van der Waals surface area contributed by atoms with Gasteiger partial charge < -0.3 is 5.32 Å². The van der Waals surface area contributed by atoms with Gasteiger partial charge >= 0.3 is 0 Å². The van der Waals surface area contributed by atoms with Crippen molar-refractivity contribution in [1.29, 1.82) is 0 Å². The van der Waals surface area contributed by atoms with E-state index in [-0.39, 0.29) is 11.8 Å². The van der Waals surface area contributed by atoms with Crippen molar-refractivity contribution in [2.45, 2.75) is 55.8 Å².